The minimum Gasteiger partial charge on any atom is -0.477 e. The van der Waals surface area contributed by atoms with E-state index in [9.17, 15) is 4.39 Å². The van der Waals surface area contributed by atoms with E-state index in [1.807, 2.05) is 17.9 Å². The summed E-state index contributed by atoms with van der Waals surface area (Å²) < 4.78 is 20.3. The monoisotopic (exact) mass is 357 g/mol. The summed E-state index contributed by atoms with van der Waals surface area (Å²) in [5.41, 5.74) is 1.58. The molecule has 0 aromatic carbocycles. The fourth-order valence-corrected chi connectivity index (χ4v) is 3.41. The second kappa shape index (κ2) is 7.51. The average molecular weight is 357 g/mol. The molecule has 0 radical (unpaired) electrons. The zero-order valence-corrected chi connectivity index (χ0v) is 15.1. The second-order valence-corrected chi connectivity index (χ2v) is 7.11. The van der Waals surface area contributed by atoms with Crippen LogP contribution in [-0.2, 0) is 6.42 Å². The van der Waals surface area contributed by atoms with Crippen molar-refractivity contribution in [3.8, 4) is 5.88 Å². The Kier molecular flexibility index (Phi) is 4.95. The Hall–Kier alpha value is -2.31. The van der Waals surface area contributed by atoms with Crippen molar-refractivity contribution in [2.45, 2.75) is 44.9 Å². The minimum absolute atomic E-state index is 0.279. The van der Waals surface area contributed by atoms with E-state index in [1.54, 1.807) is 6.33 Å². The lowest BCUT2D eigenvalue weighted by molar-refractivity contribution is 0.215. The molecule has 0 bridgehead atoms. The van der Waals surface area contributed by atoms with Gasteiger partial charge in [0.05, 0.1) is 18.0 Å². The van der Waals surface area contributed by atoms with Gasteiger partial charge in [-0.15, -0.1) is 0 Å². The molecule has 1 aliphatic heterocycles. The third-order valence-corrected chi connectivity index (χ3v) is 5.22. The highest BCUT2D eigenvalue weighted by Gasteiger charge is 2.26. The SMILES string of the molecule is CCc1ncnc(N2CCC(COc3cc(C4CC4)ncn3)CC2)c1F. The van der Waals surface area contributed by atoms with Gasteiger partial charge < -0.3 is 9.64 Å². The van der Waals surface area contributed by atoms with E-state index < -0.39 is 0 Å². The fourth-order valence-electron chi connectivity index (χ4n) is 3.41. The van der Waals surface area contributed by atoms with Crippen LogP contribution in [0.4, 0.5) is 10.2 Å². The number of nitrogens with zero attached hydrogens (tertiary/aromatic N) is 5. The van der Waals surface area contributed by atoms with E-state index in [0.717, 1.165) is 31.6 Å². The molecule has 7 heteroatoms. The number of anilines is 1. The molecule has 26 heavy (non-hydrogen) atoms. The van der Waals surface area contributed by atoms with Gasteiger partial charge in [0.25, 0.3) is 0 Å². The van der Waals surface area contributed by atoms with Gasteiger partial charge in [-0.2, -0.15) is 0 Å². The topological polar surface area (TPSA) is 64.0 Å². The first-order valence-corrected chi connectivity index (χ1v) is 9.43. The summed E-state index contributed by atoms with van der Waals surface area (Å²) >= 11 is 0. The van der Waals surface area contributed by atoms with Crippen molar-refractivity contribution in [2.24, 2.45) is 5.92 Å². The van der Waals surface area contributed by atoms with Crippen LogP contribution in [0.1, 0.15) is 49.9 Å². The van der Waals surface area contributed by atoms with Crippen LogP contribution in [0.15, 0.2) is 18.7 Å². The van der Waals surface area contributed by atoms with Crippen LogP contribution >= 0.6 is 0 Å². The Balaban J connectivity index is 1.30. The summed E-state index contributed by atoms with van der Waals surface area (Å²) in [5, 5.41) is 0. The molecule has 138 valence electrons. The fraction of sp³-hybridized carbons (Fsp3) is 0.579. The number of halogens is 1. The molecular weight excluding hydrogens is 333 g/mol. The van der Waals surface area contributed by atoms with Crippen molar-refractivity contribution in [1.29, 1.82) is 0 Å². The first kappa shape index (κ1) is 17.1. The number of hydrogen-bond donors (Lipinski definition) is 0. The number of hydrogen-bond acceptors (Lipinski definition) is 6. The van der Waals surface area contributed by atoms with Crippen molar-refractivity contribution in [3.05, 3.63) is 35.9 Å². The van der Waals surface area contributed by atoms with E-state index >= 15 is 0 Å². The molecule has 2 aromatic rings. The van der Waals surface area contributed by atoms with Crippen LogP contribution < -0.4 is 9.64 Å². The number of aryl methyl sites for hydroxylation is 1. The van der Waals surface area contributed by atoms with Gasteiger partial charge in [-0.1, -0.05) is 6.92 Å². The van der Waals surface area contributed by atoms with Crippen LogP contribution in [0, 0.1) is 11.7 Å². The molecule has 0 spiro atoms. The highest BCUT2D eigenvalue weighted by Crippen LogP contribution is 2.39. The summed E-state index contributed by atoms with van der Waals surface area (Å²) in [6.07, 6.45) is 7.96. The largest absolute Gasteiger partial charge is 0.477 e. The van der Waals surface area contributed by atoms with Gasteiger partial charge in [0, 0.05) is 25.1 Å². The zero-order valence-electron chi connectivity index (χ0n) is 15.1. The molecule has 0 amide bonds. The van der Waals surface area contributed by atoms with Gasteiger partial charge in [0.15, 0.2) is 11.6 Å². The predicted molar refractivity (Wildman–Crippen MR) is 95.8 cm³/mol. The molecule has 1 saturated carbocycles. The van der Waals surface area contributed by atoms with Gasteiger partial charge >= 0.3 is 0 Å². The van der Waals surface area contributed by atoms with Gasteiger partial charge in [-0.05, 0) is 38.0 Å². The Morgan fingerprint density at radius 1 is 1.08 bits per heavy atom. The van der Waals surface area contributed by atoms with Crippen molar-refractivity contribution >= 4 is 5.82 Å². The quantitative estimate of drug-likeness (QED) is 0.791. The minimum atomic E-state index is -0.279. The molecule has 2 fully saturated rings. The molecule has 6 nitrogen and oxygen atoms in total. The van der Waals surface area contributed by atoms with E-state index in [-0.39, 0.29) is 5.82 Å². The lowest BCUT2D eigenvalue weighted by Crippen LogP contribution is -2.36. The van der Waals surface area contributed by atoms with Gasteiger partial charge in [-0.25, -0.2) is 24.3 Å². The highest BCUT2D eigenvalue weighted by molar-refractivity contribution is 5.41. The molecule has 1 saturated heterocycles. The first-order valence-electron chi connectivity index (χ1n) is 9.43. The molecule has 0 unspecified atom stereocenters. The summed E-state index contributed by atoms with van der Waals surface area (Å²) in [7, 11) is 0. The van der Waals surface area contributed by atoms with E-state index in [1.165, 1.54) is 19.2 Å². The third-order valence-electron chi connectivity index (χ3n) is 5.22. The molecule has 3 heterocycles. The molecule has 0 N–H and O–H groups in total. The normalized spacial score (nSPS) is 18.2. The van der Waals surface area contributed by atoms with Crippen LogP contribution in [-0.4, -0.2) is 39.6 Å². The molecule has 2 aromatic heterocycles. The number of piperidine rings is 1. The van der Waals surface area contributed by atoms with Gasteiger partial charge in [-0.3, -0.25) is 0 Å². The van der Waals surface area contributed by atoms with Crippen molar-refractivity contribution in [3.63, 3.8) is 0 Å². The van der Waals surface area contributed by atoms with Gasteiger partial charge in [0.2, 0.25) is 5.88 Å². The van der Waals surface area contributed by atoms with Crippen molar-refractivity contribution in [1.82, 2.24) is 19.9 Å². The van der Waals surface area contributed by atoms with Gasteiger partial charge in [0.1, 0.15) is 12.7 Å². The maximum absolute atomic E-state index is 14.4. The zero-order chi connectivity index (χ0) is 17.9. The molecule has 1 aliphatic carbocycles. The van der Waals surface area contributed by atoms with Crippen molar-refractivity contribution in [2.75, 3.05) is 24.6 Å². The Morgan fingerprint density at radius 3 is 2.58 bits per heavy atom. The smallest absolute Gasteiger partial charge is 0.216 e. The van der Waals surface area contributed by atoms with Crippen molar-refractivity contribution < 1.29 is 9.13 Å². The van der Waals surface area contributed by atoms with E-state index in [4.69, 9.17) is 4.74 Å². The molecule has 0 atom stereocenters. The van der Waals surface area contributed by atoms with Crippen LogP contribution in [0.3, 0.4) is 0 Å². The predicted octanol–water partition coefficient (Wildman–Crippen LogP) is 3.14. The van der Waals surface area contributed by atoms with Crippen LogP contribution in [0.25, 0.3) is 0 Å². The van der Waals surface area contributed by atoms with Crippen LogP contribution in [0.5, 0.6) is 5.88 Å². The molecular formula is C19H24FN5O. The third kappa shape index (κ3) is 3.76. The second-order valence-electron chi connectivity index (χ2n) is 7.11. The average Bonchev–Trinajstić information content (AvgIpc) is 3.53. The maximum atomic E-state index is 14.4. The molecule has 2 aliphatic rings. The molecule has 4 rings (SSSR count). The lowest BCUT2D eigenvalue weighted by Gasteiger charge is -2.32. The highest BCUT2D eigenvalue weighted by atomic mass is 19.1. The van der Waals surface area contributed by atoms with E-state index in [0.29, 0.717) is 42.3 Å². The maximum Gasteiger partial charge on any atom is 0.216 e. The Labute approximate surface area is 152 Å². The van der Waals surface area contributed by atoms with E-state index in [2.05, 4.69) is 19.9 Å². The summed E-state index contributed by atoms with van der Waals surface area (Å²) in [4.78, 5) is 18.7. The summed E-state index contributed by atoms with van der Waals surface area (Å²) in [5.74, 6) is 1.86. The summed E-state index contributed by atoms with van der Waals surface area (Å²) in [6.45, 7) is 4.10. The van der Waals surface area contributed by atoms with Crippen LogP contribution in [0.2, 0.25) is 0 Å². The summed E-state index contributed by atoms with van der Waals surface area (Å²) in [6, 6.07) is 1.97. The Morgan fingerprint density at radius 2 is 1.85 bits per heavy atom. The number of rotatable bonds is 6. The number of aromatic nitrogens is 4. The first-order chi connectivity index (χ1) is 12.7. The Bertz CT molecular complexity index is 759. The standard InChI is InChI=1S/C19H24FN5O/c1-2-15-18(20)19(24-12-21-15)25-7-5-13(6-8-25)10-26-17-9-16(14-3-4-14)22-11-23-17/h9,11-14H,2-8,10H2,1H3. The lowest BCUT2D eigenvalue weighted by atomic mass is 9.98. The number of ether oxygens (including phenoxy) is 1.